The number of nitrogens with zero attached hydrogens (tertiary/aromatic N) is 1. The van der Waals surface area contributed by atoms with Gasteiger partial charge >= 0.3 is 0 Å². The number of aromatic nitrogens is 1. The number of hydrogen-bond acceptors (Lipinski definition) is 2. The van der Waals surface area contributed by atoms with E-state index < -0.39 is 0 Å². The van der Waals surface area contributed by atoms with Gasteiger partial charge in [-0.3, -0.25) is 9.78 Å². The third kappa shape index (κ3) is 4.54. The van der Waals surface area contributed by atoms with Crippen molar-refractivity contribution >= 4 is 5.78 Å². The summed E-state index contributed by atoms with van der Waals surface area (Å²) in [4.78, 5) is 14.6. The molecule has 0 aliphatic carbocycles. The molecule has 0 aliphatic rings. The van der Waals surface area contributed by atoms with Crippen LogP contribution in [-0.4, -0.2) is 10.8 Å². The Balaban J connectivity index is 0.000000671. The molecule has 1 heterocycles. The maximum Gasteiger partial charge on any atom is 0.209 e. The van der Waals surface area contributed by atoms with E-state index in [1.165, 1.54) is 0 Å². The van der Waals surface area contributed by atoms with E-state index in [1.54, 1.807) is 18.5 Å². The Hall–Kier alpha value is -1.88. The lowest BCUT2D eigenvalue weighted by atomic mass is 10.1. The van der Waals surface area contributed by atoms with Crippen molar-refractivity contribution in [3.63, 3.8) is 0 Å². The molecule has 0 unspecified atom stereocenters. The van der Waals surface area contributed by atoms with E-state index in [0.717, 1.165) is 5.56 Å². The molecule has 0 amide bonds. The van der Waals surface area contributed by atoms with Crippen molar-refractivity contribution in [1.29, 1.82) is 0 Å². The molecule has 2 heteroatoms. The van der Waals surface area contributed by atoms with Crippen LogP contribution < -0.4 is 0 Å². The maximum absolute atomic E-state index is 10.7. The SMILES string of the molecule is C#CC(=O)Cc1cccnc1.C=C. The smallest absolute Gasteiger partial charge is 0.209 e. The quantitative estimate of drug-likeness (QED) is 0.386. The molecule has 1 rings (SSSR count). The zero-order chi connectivity index (χ0) is 10.1. The maximum atomic E-state index is 10.7. The Labute approximate surface area is 78.3 Å². The van der Waals surface area contributed by atoms with Gasteiger partial charge in [0, 0.05) is 18.8 Å². The van der Waals surface area contributed by atoms with E-state index in [-0.39, 0.29) is 12.2 Å². The third-order valence-electron chi connectivity index (χ3n) is 1.25. The van der Waals surface area contributed by atoms with Gasteiger partial charge in [-0.2, -0.15) is 0 Å². The first kappa shape index (κ1) is 11.1. The summed E-state index contributed by atoms with van der Waals surface area (Å²) >= 11 is 0. The summed E-state index contributed by atoms with van der Waals surface area (Å²) < 4.78 is 0. The van der Waals surface area contributed by atoms with Crippen LogP contribution in [0.2, 0.25) is 0 Å². The highest BCUT2D eigenvalue weighted by molar-refractivity contribution is 5.96. The predicted molar refractivity (Wildman–Crippen MR) is 53.0 cm³/mol. The summed E-state index contributed by atoms with van der Waals surface area (Å²) in [5.41, 5.74) is 0.857. The molecule has 0 saturated heterocycles. The lowest BCUT2D eigenvalue weighted by Crippen LogP contribution is -1.98. The van der Waals surface area contributed by atoms with Gasteiger partial charge in [-0.15, -0.1) is 19.6 Å². The Morgan fingerprint density at radius 2 is 2.31 bits per heavy atom. The van der Waals surface area contributed by atoms with E-state index in [1.807, 2.05) is 12.0 Å². The number of carbonyl (C=O) groups is 1. The summed E-state index contributed by atoms with van der Waals surface area (Å²) in [6.07, 6.45) is 8.47. The molecule has 0 aliphatic heterocycles. The number of pyridine rings is 1. The minimum Gasteiger partial charge on any atom is -0.285 e. The molecular weight excluding hydrogens is 162 g/mol. The van der Waals surface area contributed by atoms with Crippen molar-refractivity contribution in [3.05, 3.63) is 43.2 Å². The predicted octanol–water partition coefficient (Wildman–Crippen LogP) is 1.63. The molecule has 1 aromatic rings. The van der Waals surface area contributed by atoms with Gasteiger partial charge in [-0.05, 0) is 17.6 Å². The van der Waals surface area contributed by atoms with Crippen LogP contribution in [0.1, 0.15) is 5.56 Å². The average molecular weight is 173 g/mol. The summed E-state index contributed by atoms with van der Waals surface area (Å²) in [6, 6.07) is 3.60. The van der Waals surface area contributed by atoms with Crippen molar-refractivity contribution < 1.29 is 4.79 Å². The van der Waals surface area contributed by atoms with Crippen LogP contribution in [0.25, 0.3) is 0 Å². The molecule has 0 atom stereocenters. The van der Waals surface area contributed by atoms with Gasteiger partial charge < -0.3 is 0 Å². The number of ketones is 1. The first-order valence-corrected chi connectivity index (χ1v) is 3.71. The Bertz CT molecular complexity index is 298. The number of rotatable bonds is 2. The zero-order valence-electron chi connectivity index (χ0n) is 7.36. The molecule has 0 radical (unpaired) electrons. The molecule has 0 spiro atoms. The molecule has 2 nitrogen and oxygen atoms in total. The van der Waals surface area contributed by atoms with E-state index in [9.17, 15) is 4.79 Å². The minimum atomic E-state index is -0.210. The molecule has 0 N–H and O–H groups in total. The fraction of sp³-hybridized carbons (Fsp3) is 0.0909. The van der Waals surface area contributed by atoms with Gasteiger partial charge in [0.25, 0.3) is 0 Å². The van der Waals surface area contributed by atoms with Crippen LogP contribution >= 0.6 is 0 Å². The largest absolute Gasteiger partial charge is 0.285 e. The van der Waals surface area contributed by atoms with Crippen LogP contribution in [0.15, 0.2) is 37.7 Å². The van der Waals surface area contributed by atoms with Crippen LogP contribution in [-0.2, 0) is 11.2 Å². The van der Waals surface area contributed by atoms with Crippen molar-refractivity contribution in [3.8, 4) is 12.3 Å². The van der Waals surface area contributed by atoms with Gasteiger partial charge in [0.1, 0.15) is 0 Å². The fourth-order valence-electron chi connectivity index (χ4n) is 0.739. The molecule has 0 saturated carbocycles. The fourth-order valence-corrected chi connectivity index (χ4v) is 0.739. The van der Waals surface area contributed by atoms with Crippen molar-refractivity contribution in [2.75, 3.05) is 0 Å². The van der Waals surface area contributed by atoms with Gasteiger partial charge in [0.2, 0.25) is 5.78 Å². The van der Waals surface area contributed by atoms with Crippen LogP contribution in [0.4, 0.5) is 0 Å². The summed E-state index contributed by atoms with van der Waals surface area (Å²) in [5.74, 6) is 1.84. The standard InChI is InChI=1S/C9H7NO.C2H4/c1-2-9(11)6-8-4-3-5-10-7-8;1-2/h1,3-5,7H,6H2;1-2H2. The van der Waals surface area contributed by atoms with Crippen molar-refractivity contribution in [2.45, 2.75) is 6.42 Å². The van der Waals surface area contributed by atoms with Crippen LogP contribution in [0.5, 0.6) is 0 Å². The number of carbonyl (C=O) groups excluding carboxylic acids is 1. The Morgan fingerprint density at radius 3 is 2.77 bits per heavy atom. The van der Waals surface area contributed by atoms with Gasteiger partial charge in [-0.25, -0.2) is 0 Å². The molecule has 66 valence electrons. The minimum absolute atomic E-state index is 0.210. The summed E-state index contributed by atoms with van der Waals surface area (Å²) in [6.45, 7) is 6.00. The van der Waals surface area contributed by atoms with Crippen molar-refractivity contribution in [2.24, 2.45) is 0 Å². The van der Waals surface area contributed by atoms with E-state index in [2.05, 4.69) is 18.1 Å². The zero-order valence-corrected chi connectivity index (χ0v) is 7.36. The first-order chi connectivity index (χ1) is 6.33. The highest BCUT2D eigenvalue weighted by atomic mass is 16.1. The number of terminal acetylenes is 1. The van der Waals surface area contributed by atoms with Crippen LogP contribution in [0.3, 0.4) is 0 Å². The lowest BCUT2D eigenvalue weighted by Gasteiger charge is -1.92. The molecule has 0 fully saturated rings. The van der Waals surface area contributed by atoms with Gasteiger partial charge in [0.05, 0.1) is 0 Å². The van der Waals surface area contributed by atoms with Gasteiger partial charge in [0.15, 0.2) is 0 Å². The second-order valence-electron chi connectivity index (χ2n) is 2.11. The summed E-state index contributed by atoms with van der Waals surface area (Å²) in [5, 5.41) is 0. The molecule has 0 bridgehead atoms. The second-order valence-corrected chi connectivity index (χ2v) is 2.11. The lowest BCUT2D eigenvalue weighted by molar-refractivity contribution is -0.113. The highest BCUT2D eigenvalue weighted by Crippen LogP contribution is 1.96. The Kier molecular flexibility index (Phi) is 5.82. The first-order valence-electron chi connectivity index (χ1n) is 3.71. The average Bonchev–Trinajstić information content (AvgIpc) is 2.22. The molecule has 1 aromatic heterocycles. The summed E-state index contributed by atoms with van der Waals surface area (Å²) in [7, 11) is 0. The Morgan fingerprint density at radius 1 is 1.62 bits per heavy atom. The normalized spacial score (nSPS) is 7.62. The highest BCUT2D eigenvalue weighted by Gasteiger charge is 1.97. The van der Waals surface area contributed by atoms with Gasteiger partial charge in [-0.1, -0.05) is 6.07 Å². The van der Waals surface area contributed by atoms with E-state index in [0.29, 0.717) is 0 Å². The number of Topliss-reactive ketones (excluding diaryl/α,β-unsaturated/α-hetero) is 1. The van der Waals surface area contributed by atoms with E-state index >= 15 is 0 Å². The third-order valence-corrected chi connectivity index (χ3v) is 1.25. The monoisotopic (exact) mass is 173 g/mol. The van der Waals surface area contributed by atoms with E-state index in [4.69, 9.17) is 6.42 Å². The topological polar surface area (TPSA) is 30.0 Å². The van der Waals surface area contributed by atoms with Crippen molar-refractivity contribution in [1.82, 2.24) is 4.98 Å². The molecule has 0 aromatic carbocycles. The van der Waals surface area contributed by atoms with Crippen LogP contribution in [0, 0.1) is 12.3 Å². The molecule has 13 heavy (non-hydrogen) atoms. The molecular formula is C11H11NO. The number of hydrogen-bond donors (Lipinski definition) is 0. The second kappa shape index (κ2) is 6.81.